The van der Waals surface area contributed by atoms with Crippen molar-refractivity contribution < 1.29 is 25.2 Å². The van der Waals surface area contributed by atoms with Crippen molar-refractivity contribution in [3.8, 4) is 0 Å². The Bertz CT molecular complexity index is 770. The first-order valence-electron chi connectivity index (χ1n) is 13.5. The van der Waals surface area contributed by atoms with Gasteiger partial charge in [0, 0.05) is 13.0 Å². The highest BCUT2D eigenvalue weighted by atomic mass is 16.5. The molecule has 0 amide bonds. The summed E-state index contributed by atoms with van der Waals surface area (Å²) in [5.41, 5.74) is 2.40. The first-order valence-corrected chi connectivity index (χ1v) is 13.5. The van der Waals surface area contributed by atoms with E-state index >= 15 is 0 Å². The van der Waals surface area contributed by atoms with Gasteiger partial charge in [0.25, 0.3) is 0 Å². The van der Waals surface area contributed by atoms with Gasteiger partial charge in [0.05, 0.1) is 30.0 Å². The third kappa shape index (κ3) is 5.87. The van der Waals surface area contributed by atoms with Crippen LogP contribution in [-0.4, -0.2) is 57.0 Å². The zero-order valence-corrected chi connectivity index (χ0v) is 21.8. The highest BCUT2D eigenvalue weighted by molar-refractivity contribution is 5.38. The minimum atomic E-state index is -1.02. The molecule has 3 rings (SSSR count). The quantitative estimate of drug-likeness (QED) is 0.358. The van der Waals surface area contributed by atoms with Crippen molar-refractivity contribution >= 4 is 0 Å². The van der Waals surface area contributed by atoms with Crippen LogP contribution in [0.4, 0.5) is 0 Å². The zero-order chi connectivity index (χ0) is 25.1. The number of aliphatic hydroxyl groups is 4. The summed E-state index contributed by atoms with van der Waals surface area (Å²) in [6.07, 6.45) is 11.3. The van der Waals surface area contributed by atoms with Crippen molar-refractivity contribution in [2.24, 2.45) is 17.3 Å². The third-order valence-electron chi connectivity index (χ3n) is 9.39. The largest absolute Gasteiger partial charge is 0.393 e. The van der Waals surface area contributed by atoms with E-state index in [2.05, 4.69) is 32.6 Å². The molecule has 0 aromatic carbocycles. The maximum atomic E-state index is 10.5. The average molecular weight is 477 g/mol. The van der Waals surface area contributed by atoms with Crippen molar-refractivity contribution in [2.45, 2.75) is 122 Å². The molecule has 3 fully saturated rings. The highest BCUT2D eigenvalue weighted by Gasteiger charge is 2.51. The summed E-state index contributed by atoms with van der Waals surface area (Å²) >= 11 is 0. The zero-order valence-electron chi connectivity index (χ0n) is 21.8. The summed E-state index contributed by atoms with van der Waals surface area (Å²) < 4.78 is 6.30. The van der Waals surface area contributed by atoms with Crippen LogP contribution < -0.4 is 0 Å². The van der Waals surface area contributed by atoms with Crippen molar-refractivity contribution in [3.05, 3.63) is 35.5 Å². The van der Waals surface area contributed by atoms with Crippen LogP contribution in [0.15, 0.2) is 35.5 Å². The van der Waals surface area contributed by atoms with Gasteiger partial charge in [-0.15, -0.1) is 0 Å². The molecule has 5 nitrogen and oxygen atoms in total. The second-order valence-electron chi connectivity index (χ2n) is 11.5. The normalized spacial score (nSPS) is 38.1. The van der Waals surface area contributed by atoms with Gasteiger partial charge in [-0.3, -0.25) is 0 Å². The van der Waals surface area contributed by atoms with Gasteiger partial charge < -0.3 is 25.2 Å². The minimum Gasteiger partial charge on any atom is -0.393 e. The second-order valence-corrected chi connectivity index (χ2v) is 11.5. The lowest BCUT2D eigenvalue weighted by molar-refractivity contribution is -0.0832. The number of aliphatic hydroxyl groups excluding tert-OH is 3. The molecule has 0 spiro atoms. The molecule has 34 heavy (non-hydrogen) atoms. The van der Waals surface area contributed by atoms with E-state index in [0.717, 1.165) is 30.4 Å². The Morgan fingerprint density at radius 2 is 1.97 bits per heavy atom. The van der Waals surface area contributed by atoms with Crippen LogP contribution >= 0.6 is 0 Å². The van der Waals surface area contributed by atoms with Crippen LogP contribution in [0.3, 0.4) is 0 Å². The summed E-state index contributed by atoms with van der Waals surface area (Å²) in [7, 11) is 0. The van der Waals surface area contributed by atoms with Gasteiger partial charge in [0.1, 0.15) is 0 Å². The van der Waals surface area contributed by atoms with Gasteiger partial charge in [-0.1, -0.05) is 38.2 Å². The lowest BCUT2D eigenvalue weighted by atomic mass is 9.62. The monoisotopic (exact) mass is 476 g/mol. The molecule has 0 aliphatic heterocycles. The summed E-state index contributed by atoms with van der Waals surface area (Å²) in [6.45, 7) is 12.9. The molecule has 8 atom stereocenters. The van der Waals surface area contributed by atoms with E-state index in [1.54, 1.807) is 6.92 Å². The SMILES string of the molecule is C=C1/C(=C\C=C2/CCC[C@]3(C)[C@@H]([C@H](C)OCCCC(O)(CC)C(C)O)CC[C@@H]23)C[C@@H](O)C[C@@H]1O. The van der Waals surface area contributed by atoms with Gasteiger partial charge in [0.15, 0.2) is 0 Å². The van der Waals surface area contributed by atoms with Crippen LogP contribution in [0.2, 0.25) is 0 Å². The summed E-state index contributed by atoms with van der Waals surface area (Å²) in [5, 5.41) is 40.6. The Morgan fingerprint density at radius 3 is 2.65 bits per heavy atom. The number of allylic oxidation sites excluding steroid dienone is 3. The molecule has 3 aliphatic carbocycles. The fourth-order valence-corrected chi connectivity index (χ4v) is 6.96. The van der Waals surface area contributed by atoms with E-state index in [9.17, 15) is 20.4 Å². The molecule has 4 N–H and O–H groups in total. The Labute approximate surface area is 206 Å². The van der Waals surface area contributed by atoms with E-state index in [-0.39, 0.29) is 11.5 Å². The van der Waals surface area contributed by atoms with E-state index in [0.29, 0.717) is 44.1 Å². The van der Waals surface area contributed by atoms with Crippen LogP contribution in [0, 0.1) is 17.3 Å². The van der Waals surface area contributed by atoms with Gasteiger partial charge in [-0.25, -0.2) is 0 Å². The van der Waals surface area contributed by atoms with E-state index in [1.165, 1.54) is 24.8 Å². The van der Waals surface area contributed by atoms with Crippen LogP contribution in [0.1, 0.15) is 91.9 Å². The predicted octanol–water partition coefficient (Wildman–Crippen LogP) is 4.83. The number of hydrogen-bond acceptors (Lipinski definition) is 5. The fraction of sp³-hybridized carbons (Fsp3) is 0.793. The second kappa shape index (κ2) is 11.4. The molecule has 0 radical (unpaired) electrons. The molecule has 0 bridgehead atoms. The molecule has 0 saturated heterocycles. The Balaban J connectivity index is 1.62. The molecule has 0 aromatic rings. The summed E-state index contributed by atoms with van der Waals surface area (Å²) in [5.74, 6) is 1.05. The topological polar surface area (TPSA) is 90.2 Å². The van der Waals surface area contributed by atoms with Crippen molar-refractivity contribution in [2.75, 3.05) is 6.61 Å². The Kier molecular flexibility index (Phi) is 9.24. The standard InChI is InChI=1S/C29H48O5/c1-6-29(33,21(4)30)15-8-16-34-20(3)25-12-13-26-22(9-7-14-28(25,26)5)10-11-23-17-24(31)18-27(32)19(23)2/h10-11,20-21,24-27,30-33H,2,6-9,12-18H2,1,3-5H3/b22-10+,23-11-/t20-,21?,24+,25+,26-,27-,28+,29?/m0/s1. The van der Waals surface area contributed by atoms with Crippen molar-refractivity contribution in [1.82, 2.24) is 0 Å². The smallest absolute Gasteiger partial charge is 0.0900 e. The minimum absolute atomic E-state index is 0.164. The van der Waals surface area contributed by atoms with Gasteiger partial charge in [-0.05, 0) is 100 Å². The van der Waals surface area contributed by atoms with Crippen LogP contribution in [0.25, 0.3) is 0 Å². The van der Waals surface area contributed by atoms with Crippen molar-refractivity contribution in [1.29, 1.82) is 0 Å². The fourth-order valence-electron chi connectivity index (χ4n) is 6.96. The average Bonchev–Trinajstić information content (AvgIpc) is 3.15. The number of rotatable bonds is 9. The number of hydrogen-bond donors (Lipinski definition) is 4. The van der Waals surface area contributed by atoms with Gasteiger partial charge in [-0.2, -0.15) is 0 Å². The Hall–Kier alpha value is -0.980. The predicted molar refractivity (Wildman–Crippen MR) is 136 cm³/mol. The molecule has 2 unspecified atom stereocenters. The molecular formula is C29H48O5. The molecule has 0 aromatic heterocycles. The maximum Gasteiger partial charge on any atom is 0.0900 e. The third-order valence-corrected chi connectivity index (χ3v) is 9.39. The summed E-state index contributed by atoms with van der Waals surface area (Å²) in [6, 6.07) is 0. The van der Waals surface area contributed by atoms with Crippen LogP contribution in [0.5, 0.6) is 0 Å². The highest BCUT2D eigenvalue weighted by Crippen LogP contribution is 2.58. The molecule has 0 heterocycles. The van der Waals surface area contributed by atoms with E-state index in [1.807, 2.05) is 6.92 Å². The first-order chi connectivity index (χ1) is 16.0. The summed E-state index contributed by atoms with van der Waals surface area (Å²) in [4.78, 5) is 0. The lowest BCUT2D eigenvalue weighted by Crippen LogP contribution is -2.40. The lowest BCUT2D eigenvalue weighted by Gasteiger charge is -2.44. The van der Waals surface area contributed by atoms with E-state index in [4.69, 9.17) is 4.74 Å². The number of fused-ring (bicyclic) bond motifs is 1. The van der Waals surface area contributed by atoms with Crippen molar-refractivity contribution in [3.63, 3.8) is 0 Å². The number of ether oxygens (including phenoxy) is 1. The van der Waals surface area contributed by atoms with E-state index < -0.39 is 23.9 Å². The molecule has 5 heteroatoms. The Morgan fingerprint density at radius 1 is 1.24 bits per heavy atom. The van der Waals surface area contributed by atoms with Crippen LogP contribution in [-0.2, 0) is 4.74 Å². The molecule has 194 valence electrons. The molecule has 3 aliphatic rings. The van der Waals surface area contributed by atoms with Gasteiger partial charge in [0.2, 0.25) is 0 Å². The molecular weight excluding hydrogens is 428 g/mol. The first kappa shape index (κ1) is 27.6. The molecule has 3 saturated carbocycles. The maximum absolute atomic E-state index is 10.5. The van der Waals surface area contributed by atoms with Gasteiger partial charge >= 0.3 is 0 Å².